The van der Waals surface area contributed by atoms with E-state index in [0.29, 0.717) is 23.4 Å². The number of nitrogens with two attached hydrogens (primary N) is 1. The number of nitrogens with zero attached hydrogens (tertiary/aromatic N) is 2. The third-order valence-electron chi connectivity index (χ3n) is 4.98. The van der Waals surface area contributed by atoms with Gasteiger partial charge in [0.1, 0.15) is 0 Å². The smallest absolute Gasteiger partial charge is 0.259 e. The van der Waals surface area contributed by atoms with Gasteiger partial charge in [0.2, 0.25) is 0 Å². The van der Waals surface area contributed by atoms with E-state index in [2.05, 4.69) is 17.1 Å². The number of amides is 1. The molecule has 0 saturated carbocycles. The van der Waals surface area contributed by atoms with Gasteiger partial charge in [-0.15, -0.1) is 0 Å². The van der Waals surface area contributed by atoms with Crippen LogP contribution in [0.1, 0.15) is 33.6 Å². The topological polar surface area (TPSA) is 85.9 Å². The zero-order valence-corrected chi connectivity index (χ0v) is 15.8. The molecular formula is C23H20N4O. The van der Waals surface area contributed by atoms with Gasteiger partial charge in [0.25, 0.3) is 5.91 Å². The maximum absolute atomic E-state index is 13.3. The second-order valence-corrected chi connectivity index (χ2v) is 7.08. The molecule has 1 aliphatic heterocycles. The number of nitrogen functional groups attached to an aromatic ring is 1. The van der Waals surface area contributed by atoms with Gasteiger partial charge in [0, 0.05) is 22.6 Å². The van der Waals surface area contributed by atoms with E-state index < -0.39 is 0 Å². The number of nitriles is 1. The SMILES string of the molecule is Cc1cc(C)c(C=C2C(=O)N(Cc3ccc(C#N)cc3)c3ccc(N)cc32)[nH]1. The van der Waals surface area contributed by atoms with Gasteiger partial charge in [0.15, 0.2) is 0 Å². The Balaban J connectivity index is 1.76. The molecule has 0 atom stereocenters. The Kier molecular flexibility index (Phi) is 4.25. The third-order valence-corrected chi connectivity index (χ3v) is 4.98. The third kappa shape index (κ3) is 3.06. The van der Waals surface area contributed by atoms with E-state index in [1.165, 1.54) is 0 Å². The van der Waals surface area contributed by atoms with E-state index >= 15 is 0 Å². The van der Waals surface area contributed by atoms with Gasteiger partial charge in [0.05, 0.1) is 29.4 Å². The summed E-state index contributed by atoms with van der Waals surface area (Å²) in [5, 5.41) is 8.97. The molecule has 2 heterocycles. The first-order chi connectivity index (χ1) is 13.5. The van der Waals surface area contributed by atoms with Crippen LogP contribution in [-0.2, 0) is 11.3 Å². The monoisotopic (exact) mass is 368 g/mol. The number of aromatic nitrogens is 1. The van der Waals surface area contributed by atoms with Crippen LogP contribution in [0.5, 0.6) is 0 Å². The van der Waals surface area contributed by atoms with Crippen LogP contribution < -0.4 is 10.6 Å². The fraction of sp³-hybridized carbons (Fsp3) is 0.130. The van der Waals surface area contributed by atoms with Gasteiger partial charge in [-0.25, -0.2) is 0 Å². The highest BCUT2D eigenvalue weighted by molar-refractivity contribution is 6.35. The van der Waals surface area contributed by atoms with E-state index in [1.807, 2.05) is 50.3 Å². The first-order valence-corrected chi connectivity index (χ1v) is 9.05. The lowest BCUT2D eigenvalue weighted by Crippen LogP contribution is -2.25. The molecule has 5 heteroatoms. The second-order valence-electron chi connectivity index (χ2n) is 7.08. The number of H-pyrrole nitrogens is 1. The summed E-state index contributed by atoms with van der Waals surface area (Å²) in [5.74, 6) is -0.0587. The number of hydrogen-bond donors (Lipinski definition) is 2. The molecule has 138 valence electrons. The van der Waals surface area contributed by atoms with Crippen molar-refractivity contribution in [3.8, 4) is 6.07 Å². The molecule has 28 heavy (non-hydrogen) atoms. The van der Waals surface area contributed by atoms with Gasteiger partial charge >= 0.3 is 0 Å². The van der Waals surface area contributed by atoms with Gasteiger partial charge < -0.3 is 15.6 Å². The van der Waals surface area contributed by atoms with Gasteiger partial charge in [-0.3, -0.25) is 4.79 Å². The molecule has 1 aliphatic rings. The number of aryl methyl sites for hydroxylation is 2. The van der Waals surface area contributed by atoms with Crippen molar-refractivity contribution >= 4 is 28.9 Å². The van der Waals surface area contributed by atoms with E-state index in [0.717, 1.165) is 33.8 Å². The first kappa shape index (κ1) is 17.6. The Bertz CT molecular complexity index is 1150. The number of anilines is 2. The van der Waals surface area contributed by atoms with Crippen LogP contribution in [0.25, 0.3) is 11.6 Å². The number of fused-ring (bicyclic) bond motifs is 1. The first-order valence-electron chi connectivity index (χ1n) is 9.05. The zero-order valence-electron chi connectivity index (χ0n) is 15.8. The Morgan fingerprint density at radius 1 is 1.14 bits per heavy atom. The standard InChI is InChI=1S/C23H20N4O/c1-14-9-15(2)26-21(14)11-20-19-10-18(25)7-8-22(19)27(23(20)28)13-17-5-3-16(12-24)4-6-17/h3-11,26H,13,25H2,1-2H3. The second kappa shape index (κ2) is 6.75. The predicted molar refractivity (Wildman–Crippen MR) is 111 cm³/mol. The van der Waals surface area contributed by atoms with E-state index in [1.54, 1.807) is 17.0 Å². The number of carbonyl (C=O) groups excluding carboxylic acids is 1. The highest BCUT2D eigenvalue weighted by Crippen LogP contribution is 2.40. The Hall–Kier alpha value is -3.78. The summed E-state index contributed by atoms with van der Waals surface area (Å²) in [7, 11) is 0. The van der Waals surface area contributed by atoms with Gasteiger partial charge in [-0.05, 0) is 67.4 Å². The van der Waals surface area contributed by atoms with Gasteiger partial charge in [-0.1, -0.05) is 12.1 Å². The summed E-state index contributed by atoms with van der Waals surface area (Å²) in [5.41, 5.74) is 13.6. The fourth-order valence-electron chi connectivity index (χ4n) is 3.58. The molecule has 0 spiro atoms. The van der Waals surface area contributed by atoms with Crippen LogP contribution in [0.4, 0.5) is 11.4 Å². The molecule has 0 fully saturated rings. The molecule has 3 aromatic rings. The van der Waals surface area contributed by atoms with Crippen molar-refractivity contribution in [2.24, 2.45) is 0 Å². The van der Waals surface area contributed by atoms with E-state index in [9.17, 15) is 4.79 Å². The average Bonchev–Trinajstić information content (AvgIpc) is 3.13. The quantitative estimate of drug-likeness (QED) is 0.537. The number of benzene rings is 2. The van der Waals surface area contributed by atoms with Crippen molar-refractivity contribution in [1.29, 1.82) is 5.26 Å². The molecular weight excluding hydrogens is 348 g/mol. The normalized spacial score (nSPS) is 14.4. The summed E-state index contributed by atoms with van der Waals surface area (Å²) in [6.07, 6.45) is 1.90. The molecule has 2 aromatic carbocycles. The van der Waals surface area contributed by atoms with Crippen molar-refractivity contribution in [3.63, 3.8) is 0 Å². The largest absolute Gasteiger partial charge is 0.399 e. The number of hydrogen-bond acceptors (Lipinski definition) is 3. The maximum Gasteiger partial charge on any atom is 0.259 e. The van der Waals surface area contributed by atoms with Crippen LogP contribution >= 0.6 is 0 Å². The van der Waals surface area contributed by atoms with Gasteiger partial charge in [-0.2, -0.15) is 5.26 Å². The van der Waals surface area contributed by atoms with Crippen LogP contribution in [0.2, 0.25) is 0 Å². The minimum absolute atomic E-state index is 0.0587. The molecule has 0 unspecified atom stereocenters. The maximum atomic E-state index is 13.3. The molecule has 1 aromatic heterocycles. The van der Waals surface area contributed by atoms with Crippen molar-refractivity contribution in [2.75, 3.05) is 10.6 Å². The Labute approximate surface area is 163 Å². The highest BCUT2D eigenvalue weighted by Gasteiger charge is 2.32. The minimum atomic E-state index is -0.0587. The molecule has 0 saturated heterocycles. The predicted octanol–water partition coefficient (Wildman–Crippen LogP) is 4.17. The van der Waals surface area contributed by atoms with Crippen LogP contribution in [0.3, 0.4) is 0 Å². The summed E-state index contributed by atoms with van der Waals surface area (Å²) < 4.78 is 0. The summed E-state index contributed by atoms with van der Waals surface area (Å²) in [6.45, 7) is 4.44. The Morgan fingerprint density at radius 2 is 1.89 bits per heavy atom. The Morgan fingerprint density at radius 3 is 2.54 bits per heavy atom. The van der Waals surface area contributed by atoms with Crippen molar-refractivity contribution in [3.05, 3.63) is 82.2 Å². The lowest BCUT2D eigenvalue weighted by atomic mass is 10.0. The summed E-state index contributed by atoms with van der Waals surface area (Å²) in [4.78, 5) is 18.3. The molecule has 0 radical (unpaired) electrons. The number of aromatic amines is 1. The van der Waals surface area contributed by atoms with E-state index in [4.69, 9.17) is 11.0 Å². The summed E-state index contributed by atoms with van der Waals surface area (Å²) >= 11 is 0. The minimum Gasteiger partial charge on any atom is -0.399 e. The molecule has 3 N–H and O–H groups in total. The number of carbonyl (C=O) groups is 1. The molecule has 1 amide bonds. The van der Waals surface area contributed by atoms with E-state index in [-0.39, 0.29) is 5.91 Å². The van der Waals surface area contributed by atoms with Crippen molar-refractivity contribution in [1.82, 2.24) is 4.98 Å². The molecule has 0 bridgehead atoms. The van der Waals surface area contributed by atoms with Crippen LogP contribution in [0.15, 0.2) is 48.5 Å². The zero-order chi connectivity index (χ0) is 19.8. The number of nitrogens with one attached hydrogen (secondary N) is 1. The van der Waals surface area contributed by atoms with Crippen molar-refractivity contribution < 1.29 is 4.79 Å². The molecule has 4 rings (SSSR count). The van der Waals surface area contributed by atoms with Crippen LogP contribution in [0, 0.1) is 25.2 Å². The van der Waals surface area contributed by atoms with Crippen molar-refractivity contribution in [2.45, 2.75) is 20.4 Å². The number of rotatable bonds is 3. The summed E-state index contributed by atoms with van der Waals surface area (Å²) in [6, 6.07) is 17.0. The highest BCUT2D eigenvalue weighted by atomic mass is 16.2. The molecule has 5 nitrogen and oxygen atoms in total. The average molecular weight is 368 g/mol. The molecule has 0 aliphatic carbocycles. The fourth-order valence-corrected chi connectivity index (χ4v) is 3.58. The van der Waals surface area contributed by atoms with Crippen LogP contribution in [-0.4, -0.2) is 10.9 Å². The lowest BCUT2D eigenvalue weighted by molar-refractivity contribution is -0.113. The lowest BCUT2D eigenvalue weighted by Gasteiger charge is -2.17.